The molecule has 0 aliphatic heterocycles. The Hall–Kier alpha value is -1.65. The summed E-state index contributed by atoms with van der Waals surface area (Å²) in [7, 11) is 0. The smallest absolute Gasteiger partial charge is 0.271 e. The van der Waals surface area contributed by atoms with Crippen molar-refractivity contribution in [3.05, 3.63) is 33.9 Å². The molecule has 1 amide bonds. The van der Waals surface area contributed by atoms with Crippen LogP contribution in [0.2, 0.25) is 0 Å². The lowest BCUT2D eigenvalue weighted by Gasteiger charge is -2.07. The van der Waals surface area contributed by atoms with Crippen LogP contribution in [0, 0.1) is 17.0 Å². The number of hydrogen-bond acceptors (Lipinski definition) is 8. The topological polar surface area (TPSA) is 98.0 Å². The second-order valence-corrected chi connectivity index (χ2v) is 7.38. The van der Waals surface area contributed by atoms with Gasteiger partial charge in [-0.3, -0.25) is 14.9 Å². The fourth-order valence-corrected chi connectivity index (χ4v) is 3.75. The molecule has 0 saturated heterocycles. The highest BCUT2D eigenvalue weighted by Gasteiger charge is 2.12. The predicted octanol–water partition coefficient (Wildman–Crippen LogP) is 3.21. The summed E-state index contributed by atoms with van der Waals surface area (Å²) in [5.41, 5.74) is 1.16. The van der Waals surface area contributed by atoms with E-state index >= 15 is 0 Å². The Labute approximate surface area is 139 Å². The molecule has 116 valence electrons. The summed E-state index contributed by atoms with van der Waals surface area (Å²) >= 11 is 4.21. The van der Waals surface area contributed by atoms with Crippen LogP contribution in [0.5, 0.6) is 0 Å². The lowest BCUT2D eigenvalue weighted by Crippen LogP contribution is -2.15. The fourth-order valence-electron chi connectivity index (χ4n) is 1.51. The SMILES string of the molecule is CSc1nnc(SCC(=O)Nc2cc([N+](=O)[O-])ccc2C)s1. The Morgan fingerprint density at radius 3 is 2.77 bits per heavy atom. The Bertz CT molecular complexity index is 705. The van der Waals surface area contributed by atoms with E-state index in [9.17, 15) is 14.9 Å². The summed E-state index contributed by atoms with van der Waals surface area (Å²) in [6.45, 7) is 1.78. The molecule has 10 heteroatoms. The van der Waals surface area contributed by atoms with Crippen molar-refractivity contribution in [2.24, 2.45) is 0 Å². The van der Waals surface area contributed by atoms with Gasteiger partial charge < -0.3 is 5.32 Å². The number of carbonyl (C=O) groups is 1. The largest absolute Gasteiger partial charge is 0.325 e. The van der Waals surface area contributed by atoms with Crippen molar-refractivity contribution in [3.8, 4) is 0 Å². The highest BCUT2D eigenvalue weighted by atomic mass is 32.2. The quantitative estimate of drug-likeness (QED) is 0.482. The number of carbonyl (C=O) groups excluding carboxylic acids is 1. The van der Waals surface area contributed by atoms with Crippen molar-refractivity contribution in [1.82, 2.24) is 10.2 Å². The average molecular weight is 356 g/mol. The molecule has 0 unspecified atom stereocenters. The maximum absolute atomic E-state index is 11.9. The predicted molar refractivity (Wildman–Crippen MR) is 88.9 cm³/mol. The highest BCUT2D eigenvalue weighted by molar-refractivity contribution is 8.03. The van der Waals surface area contributed by atoms with Gasteiger partial charge in [0.2, 0.25) is 5.91 Å². The molecular formula is C12H12N4O3S3. The van der Waals surface area contributed by atoms with E-state index in [2.05, 4.69) is 15.5 Å². The summed E-state index contributed by atoms with van der Waals surface area (Å²) in [5.74, 6) is -0.0694. The van der Waals surface area contributed by atoms with Crippen LogP contribution in [0.1, 0.15) is 5.56 Å². The number of non-ortho nitro benzene ring substituents is 1. The third-order valence-electron chi connectivity index (χ3n) is 2.60. The molecule has 0 spiro atoms. The van der Waals surface area contributed by atoms with Crippen molar-refractivity contribution >= 4 is 52.1 Å². The summed E-state index contributed by atoms with van der Waals surface area (Å²) in [6, 6.07) is 4.37. The Balaban J connectivity index is 1.96. The molecule has 2 rings (SSSR count). The standard InChI is InChI=1S/C12H12N4O3S3/c1-7-3-4-8(16(18)19)5-9(7)13-10(17)6-21-12-15-14-11(20-2)22-12/h3-5H,6H2,1-2H3,(H,13,17). The van der Waals surface area contributed by atoms with E-state index in [1.807, 2.05) is 6.26 Å². The summed E-state index contributed by atoms with van der Waals surface area (Å²) in [6.07, 6.45) is 1.91. The second-order valence-electron chi connectivity index (χ2n) is 4.13. The van der Waals surface area contributed by atoms with E-state index < -0.39 is 4.92 Å². The van der Waals surface area contributed by atoms with Crippen molar-refractivity contribution in [3.63, 3.8) is 0 Å². The van der Waals surface area contributed by atoms with Gasteiger partial charge in [0.05, 0.1) is 16.4 Å². The van der Waals surface area contributed by atoms with Crippen LogP contribution < -0.4 is 5.32 Å². The minimum absolute atomic E-state index is 0.0534. The molecule has 0 radical (unpaired) electrons. The molecule has 0 atom stereocenters. The van der Waals surface area contributed by atoms with Crippen LogP contribution in [-0.2, 0) is 4.79 Å². The molecule has 1 aromatic carbocycles. The van der Waals surface area contributed by atoms with Gasteiger partial charge in [-0.2, -0.15) is 0 Å². The van der Waals surface area contributed by atoms with Crippen molar-refractivity contribution in [1.29, 1.82) is 0 Å². The van der Waals surface area contributed by atoms with Crippen LogP contribution >= 0.6 is 34.9 Å². The van der Waals surface area contributed by atoms with Gasteiger partial charge in [0.15, 0.2) is 8.68 Å². The second kappa shape index (κ2) is 7.56. The molecule has 0 fully saturated rings. The molecule has 7 nitrogen and oxygen atoms in total. The molecule has 0 aliphatic rings. The van der Waals surface area contributed by atoms with Gasteiger partial charge in [0, 0.05) is 12.1 Å². The number of amides is 1. The van der Waals surface area contributed by atoms with Gasteiger partial charge in [0.25, 0.3) is 5.69 Å². The van der Waals surface area contributed by atoms with Gasteiger partial charge in [-0.25, -0.2) is 0 Å². The van der Waals surface area contributed by atoms with Crippen molar-refractivity contribution < 1.29 is 9.72 Å². The summed E-state index contributed by atoms with van der Waals surface area (Å²) in [4.78, 5) is 22.2. The molecule has 1 heterocycles. The monoisotopic (exact) mass is 356 g/mol. The fraction of sp³-hybridized carbons (Fsp3) is 0.250. The molecule has 0 bridgehead atoms. The normalized spacial score (nSPS) is 10.5. The molecule has 0 saturated carbocycles. The van der Waals surface area contributed by atoms with Crippen molar-refractivity contribution in [2.45, 2.75) is 15.6 Å². The Morgan fingerprint density at radius 1 is 1.41 bits per heavy atom. The number of nitrogens with one attached hydrogen (secondary N) is 1. The van der Waals surface area contributed by atoms with E-state index in [1.165, 1.54) is 47.0 Å². The lowest BCUT2D eigenvalue weighted by molar-refractivity contribution is -0.384. The number of nitro groups is 1. The lowest BCUT2D eigenvalue weighted by atomic mass is 10.2. The van der Waals surface area contributed by atoms with Gasteiger partial charge in [-0.15, -0.1) is 10.2 Å². The Morgan fingerprint density at radius 2 is 2.14 bits per heavy atom. The maximum Gasteiger partial charge on any atom is 0.271 e. The number of benzene rings is 1. The van der Waals surface area contributed by atoms with Crippen LogP contribution in [0.25, 0.3) is 0 Å². The minimum Gasteiger partial charge on any atom is -0.325 e. The molecule has 2 aromatic rings. The molecule has 1 aromatic heterocycles. The first-order chi connectivity index (χ1) is 10.5. The number of nitro benzene ring substituents is 1. The average Bonchev–Trinajstić information content (AvgIpc) is 2.95. The minimum atomic E-state index is -0.491. The van der Waals surface area contributed by atoms with Crippen LogP contribution in [-0.4, -0.2) is 33.0 Å². The molecular weight excluding hydrogens is 344 g/mol. The van der Waals surface area contributed by atoms with Gasteiger partial charge in [0.1, 0.15) is 0 Å². The van der Waals surface area contributed by atoms with Crippen LogP contribution in [0.15, 0.2) is 26.9 Å². The van der Waals surface area contributed by atoms with Gasteiger partial charge in [-0.1, -0.05) is 40.9 Å². The third kappa shape index (κ3) is 4.42. The number of aryl methyl sites for hydroxylation is 1. The molecule has 0 aliphatic carbocycles. The summed E-state index contributed by atoms with van der Waals surface area (Å²) in [5, 5.41) is 21.4. The van der Waals surface area contributed by atoms with E-state index in [0.29, 0.717) is 5.69 Å². The maximum atomic E-state index is 11.9. The number of anilines is 1. The molecule has 22 heavy (non-hydrogen) atoms. The first-order valence-electron chi connectivity index (χ1n) is 6.05. The van der Waals surface area contributed by atoms with E-state index in [1.54, 1.807) is 13.0 Å². The molecule has 1 N–H and O–H groups in total. The highest BCUT2D eigenvalue weighted by Crippen LogP contribution is 2.27. The van der Waals surface area contributed by atoms with E-state index in [-0.39, 0.29) is 17.3 Å². The number of nitrogens with zero attached hydrogens (tertiary/aromatic N) is 3. The third-order valence-corrected chi connectivity index (χ3v) is 5.63. The first kappa shape index (κ1) is 16.7. The number of rotatable bonds is 6. The van der Waals surface area contributed by atoms with Gasteiger partial charge in [-0.05, 0) is 18.7 Å². The number of aromatic nitrogens is 2. The number of hydrogen-bond donors (Lipinski definition) is 1. The van der Waals surface area contributed by atoms with Gasteiger partial charge >= 0.3 is 0 Å². The van der Waals surface area contributed by atoms with E-state index in [0.717, 1.165) is 14.2 Å². The van der Waals surface area contributed by atoms with E-state index in [4.69, 9.17) is 0 Å². The first-order valence-corrected chi connectivity index (χ1v) is 9.07. The zero-order chi connectivity index (χ0) is 16.1. The van der Waals surface area contributed by atoms with Crippen molar-refractivity contribution in [2.75, 3.05) is 17.3 Å². The zero-order valence-corrected chi connectivity index (χ0v) is 14.2. The summed E-state index contributed by atoms with van der Waals surface area (Å²) < 4.78 is 1.56. The Kier molecular flexibility index (Phi) is 5.75. The zero-order valence-electron chi connectivity index (χ0n) is 11.7. The van der Waals surface area contributed by atoms with Crippen LogP contribution in [0.3, 0.4) is 0 Å². The van der Waals surface area contributed by atoms with Crippen LogP contribution in [0.4, 0.5) is 11.4 Å². The number of thioether (sulfide) groups is 2.